The van der Waals surface area contributed by atoms with E-state index in [1.807, 2.05) is 6.92 Å². The maximum atomic E-state index is 12.3. The predicted molar refractivity (Wildman–Crippen MR) is 81.1 cm³/mol. The summed E-state index contributed by atoms with van der Waals surface area (Å²) in [5, 5.41) is 13.9. The van der Waals surface area contributed by atoms with Gasteiger partial charge in [-0.05, 0) is 25.8 Å². The summed E-state index contributed by atoms with van der Waals surface area (Å²) in [5.74, 6) is 0.0498. The zero-order valence-electron chi connectivity index (χ0n) is 12.1. The van der Waals surface area contributed by atoms with Gasteiger partial charge in [-0.1, -0.05) is 13.0 Å². The van der Waals surface area contributed by atoms with Crippen molar-refractivity contribution in [3.8, 4) is 5.75 Å². The number of hydrogen-bond donors (Lipinski definition) is 1. The lowest BCUT2D eigenvalue weighted by molar-refractivity contribution is -0.385. The first-order valence-corrected chi connectivity index (χ1v) is 7.35. The molecule has 0 aromatic heterocycles. The van der Waals surface area contributed by atoms with Crippen LogP contribution < -0.4 is 10.1 Å². The molecular weight excluding hydrogens is 296 g/mol. The van der Waals surface area contributed by atoms with Crippen LogP contribution in [0, 0.1) is 10.1 Å². The number of rotatable bonds is 8. The van der Waals surface area contributed by atoms with Crippen molar-refractivity contribution in [3.05, 3.63) is 33.9 Å². The number of nitro groups is 1. The topological polar surface area (TPSA) is 81.5 Å². The highest BCUT2D eigenvalue weighted by Gasteiger charge is 2.24. The summed E-state index contributed by atoms with van der Waals surface area (Å²) >= 11 is 5.69. The minimum Gasteiger partial charge on any atom is -0.487 e. The molecule has 0 heterocycles. The second-order valence-corrected chi connectivity index (χ2v) is 4.78. The van der Waals surface area contributed by atoms with Gasteiger partial charge in [-0.2, -0.15) is 0 Å². The third-order valence-electron chi connectivity index (χ3n) is 3.01. The molecule has 0 saturated heterocycles. The number of nitrogens with zero attached hydrogens (tertiary/aromatic N) is 1. The van der Waals surface area contributed by atoms with Gasteiger partial charge >= 0.3 is 5.69 Å². The van der Waals surface area contributed by atoms with Crippen LogP contribution in [0.25, 0.3) is 0 Å². The number of para-hydroxylation sites is 1. The lowest BCUT2D eigenvalue weighted by Gasteiger charge is -2.17. The normalized spacial score (nSPS) is 11.8. The molecule has 7 heteroatoms. The SMILES string of the molecule is CCOc1c(C(=O)NC(CC)CCCl)cccc1[N+](=O)[O-]. The third-order valence-corrected chi connectivity index (χ3v) is 3.23. The van der Waals surface area contributed by atoms with E-state index in [4.69, 9.17) is 16.3 Å². The Morgan fingerprint density at radius 2 is 2.19 bits per heavy atom. The summed E-state index contributed by atoms with van der Waals surface area (Å²) in [7, 11) is 0. The summed E-state index contributed by atoms with van der Waals surface area (Å²) in [6.07, 6.45) is 1.38. The Labute approximate surface area is 128 Å². The third kappa shape index (κ3) is 4.60. The Morgan fingerprint density at radius 1 is 1.48 bits per heavy atom. The van der Waals surface area contributed by atoms with E-state index in [-0.39, 0.29) is 35.6 Å². The molecule has 0 spiro atoms. The average molecular weight is 315 g/mol. The van der Waals surface area contributed by atoms with Crippen LogP contribution in [0.2, 0.25) is 0 Å². The molecule has 1 aromatic carbocycles. The number of benzene rings is 1. The molecule has 0 fully saturated rings. The second kappa shape index (κ2) is 8.46. The van der Waals surface area contributed by atoms with Crippen LogP contribution in [0.4, 0.5) is 5.69 Å². The number of nitro benzene ring substituents is 1. The lowest BCUT2D eigenvalue weighted by Crippen LogP contribution is -2.35. The molecule has 1 rings (SSSR count). The Kier molecular flexibility index (Phi) is 6.94. The summed E-state index contributed by atoms with van der Waals surface area (Å²) in [5.41, 5.74) is -0.0473. The van der Waals surface area contributed by atoms with Gasteiger partial charge in [0, 0.05) is 18.0 Å². The Hall–Kier alpha value is -1.82. The summed E-state index contributed by atoms with van der Waals surface area (Å²) < 4.78 is 5.30. The first kappa shape index (κ1) is 17.2. The van der Waals surface area contributed by atoms with Crippen molar-refractivity contribution in [1.82, 2.24) is 5.32 Å². The van der Waals surface area contributed by atoms with Gasteiger partial charge in [-0.3, -0.25) is 14.9 Å². The van der Waals surface area contributed by atoms with E-state index >= 15 is 0 Å². The van der Waals surface area contributed by atoms with Crippen LogP contribution in [0.3, 0.4) is 0 Å². The largest absolute Gasteiger partial charge is 0.487 e. The Balaban J connectivity index is 3.08. The molecule has 0 saturated carbocycles. The van der Waals surface area contributed by atoms with E-state index in [0.717, 1.165) is 6.42 Å². The van der Waals surface area contributed by atoms with Crippen LogP contribution >= 0.6 is 11.6 Å². The number of carbonyl (C=O) groups excluding carboxylic acids is 1. The van der Waals surface area contributed by atoms with Gasteiger partial charge in [0.25, 0.3) is 5.91 Å². The van der Waals surface area contributed by atoms with Crippen LogP contribution in [-0.2, 0) is 0 Å². The monoisotopic (exact) mass is 314 g/mol. The van der Waals surface area contributed by atoms with Crippen LogP contribution in [0.15, 0.2) is 18.2 Å². The molecule has 0 radical (unpaired) electrons. The van der Waals surface area contributed by atoms with Crippen molar-refractivity contribution in [2.24, 2.45) is 0 Å². The molecule has 116 valence electrons. The zero-order valence-corrected chi connectivity index (χ0v) is 12.9. The van der Waals surface area contributed by atoms with Crippen molar-refractivity contribution < 1.29 is 14.5 Å². The fourth-order valence-corrected chi connectivity index (χ4v) is 2.18. The molecular formula is C14H19ClN2O4. The first-order valence-electron chi connectivity index (χ1n) is 6.82. The molecule has 0 bridgehead atoms. The maximum absolute atomic E-state index is 12.3. The van der Waals surface area contributed by atoms with Crippen molar-refractivity contribution in [2.75, 3.05) is 12.5 Å². The fraction of sp³-hybridized carbons (Fsp3) is 0.500. The van der Waals surface area contributed by atoms with Gasteiger partial charge in [0.15, 0.2) is 0 Å². The van der Waals surface area contributed by atoms with Gasteiger partial charge in [0.2, 0.25) is 5.75 Å². The minimum absolute atomic E-state index is 0.00299. The highest BCUT2D eigenvalue weighted by molar-refractivity contribution is 6.17. The van der Waals surface area contributed by atoms with Crippen LogP contribution in [-0.4, -0.2) is 29.4 Å². The number of hydrogen-bond acceptors (Lipinski definition) is 4. The van der Waals surface area contributed by atoms with E-state index < -0.39 is 4.92 Å². The number of amides is 1. The number of carbonyl (C=O) groups is 1. The zero-order chi connectivity index (χ0) is 15.8. The van der Waals surface area contributed by atoms with E-state index in [0.29, 0.717) is 12.3 Å². The van der Waals surface area contributed by atoms with Gasteiger partial charge in [0.05, 0.1) is 17.1 Å². The Bertz CT molecular complexity index is 508. The van der Waals surface area contributed by atoms with Gasteiger partial charge in [-0.15, -0.1) is 11.6 Å². The van der Waals surface area contributed by atoms with Crippen molar-refractivity contribution >= 4 is 23.2 Å². The lowest BCUT2D eigenvalue weighted by atomic mass is 10.1. The van der Waals surface area contributed by atoms with E-state index in [1.165, 1.54) is 18.2 Å². The molecule has 6 nitrogen and oxygen atoms in total. The van der Waals surface area contributed by atoms with Crippen LogP contribution in [0.5, 0.6) is 5.75 Å². The van der Waals surface area contributed by atoms with Gasteiger partial charge in [-0.25, -0.2) is 0 Å². The molecule has 1 unspecified atom stereocenters. The molecule has 1 aromatic rings. The molecule has 1 amide bonds. The second-order valence-electron chi connectivity index (χ2n) is 4.40. The van der Waals surface area contributed by atoms with Crippen molar-refractivity contribution in [1.29, 1.82) is 0 Å². The van der Waals surface area contributed by atoms with Crippen LogP contribution in [0.1, 0.15) is 37.0 Å². The number of halogens is 1. The van der Waals surface area contributed by atoms with E-state index in [2.05, 4.69) is 5.32 Å². The van der Waals surface area contributed by atoms with E-state index in [1.54, 1.807) is 6.92 Å². The fourth-order valence-electron chi connectivity index (χ4n) is 1.92. The predicted octanol–water partition coefficient (Wildman–Crippen LogP) is 3.13. The number of nitrogens with one attached hydrogen (secondary N) is 1. The average Bonchev–Trinajstić information content (AvgIpc) is 2.46. The summed E-state index contributed by atoms with van der Waals surface area (Å²) in [6.45, 7) is 3.89. The molecule has 0 aliphatic rings. The van der Waals surface area contributed by atoms with Gasteiger partial charge in [0.1, 0.15) is 0 Å². The number of alkyl halides is 1. The standard InChI is InChI=1S/C14H19ClN2O4/c1-3-10(8-9-15)16-14(18)11-6-5-7-12(17(19)20)13(11)21-4-2/h5-7,10H,3-4,8-9H2,1-2H3,(H,16,18). The summed E-state index contributed by atoms with van der Waals surface area (Å²) in [4.78, 5) is 22.8. The molecule has 1 atom stereocenters. The minimum atomic E-state index is -0.558. The maximum Gasteiger partial charge on any atom is 0.311 e. The van der Waals surface area contributed by atoms with Crippen molar-refractivity contribution in [3.63, 3.8) is 0 Å². The van der Waals surface area contributed by atoms with Gasteiger partial charge < -0.3 is 10.1 Å². The molecule has 0 aliphatic carbocycles. The molecule has 0 aliphatic heterocycles. The highest BCUT2D eigenvalue weighted by Crippen LogP contribution is 2.31. The first-order chi connectivity index (χ1) is 10.0. The summed E-state index contributed by atoms with van der Waals surface area (Å²) in [6, 6.07) is 4.24. The number of ether oxygens (including phenoxy) is 1. The quantitative estimate of drug-likeness (QED) is 0.454. The van der Waals surface area contributed by atoms with E-state index in [9.17, 15) is 14.9 Å². The molecule has 21 heavy (non-hydrogen) atoms. The molecule has 1 N–H and O–H groups in total. The smallest absolute Gasteiger partial charge is 0.311 e. The Morgan fingerprint density at radius 3 is 2.71 bits per heavy atom. The highest BCUT2D eigenvalue weighted by atomic mass is 35.5. The van der Waals surface area contributed by atoms with Crippen molar-refractivity contribution in [2.45, 2.75) is 32.7 Å².